The predicted molar refractivity (Wildman–Crippen MR) is 87.7 cm³/mol. The number of benzene rings is 2. The highest BCUT2D eigenvalue weighted by Crippen LogP contribution is 2.33. The molecule has 0 radical (unpaired) electrons. The van der Waals surface area contributed by atoms with E-state index in [0.717, 1.165) is 12.1 Å². The van der Waals surface area contributed by atoms with E-state index in [4.69, 9.17) is 0 Å². The van der Waals surface area contributed by atoms with Gasteiger partial charge in [0.15, 0.2) is 0 Å². The van der Waals surface area contributed by atoms with E-state index in [9.17, 15) is 22.0 Å². The van der Waals surface area contributed by atoms with E-state index in [-0.39, 0.29) is 12.0 Å². The standard InChI is InChI=1S/C18H14F5N3/c1-10(6-11-2-3-12(19)7-15(11)18(21,22)23)26-17-14-5-4-13(20)8-16(14)24-9-25-17/h2-5,7-10H,6H2,1H3,(H,24,25,26). The third-order valence-electron chi connectivity index (χ3n) is 3.89. The third kappa shape index (κ3) is 3.89. The molecule has 1 heterocycles. The Hall–Kier alpha value is -2.77. The second-order valence-corrected chi connectivity index (χ2v) is 5.93. The van der Waals surface area contributed by atoms with Crippen LogP contribution >= 0.6 is 0 Å². The SMILES string of the molecule is CC(Cc1ccc(F)cc1C(F)(F)F)Nc1ncnc2cc(F)ccc12. The molecular formula is C18H14F5N3. The van der Waals surface area contributed by atoms with Crippen LogP contribution in [0.15, 0.2) is 42.7 Å². The van der Waals surface area contributed by atoms with E-state index >= 15 is 0 Å². The largest absolute Gasteiger partial charge is 0.416 e. The van der Waals surface area contributed by atoms with Gasteiger partial charge in [0.2, 0.25) is 0 Å². The summed E-state index contributed by atoms with van der Waals surface area (Å²) in [5.41, 5.74) is -0.642. The average molecular weight is 367 g/mol. The topological polar surface area (TPSA) is 37.8 Å². The summed E-state index contributed by atoms with van der Waals surface area (Å²) in [5.74, 6) is -1.000. The Labute approximate surface area is 145 Å². The van der Waals surface area contributed by atoms with Crippen LogP contribution in [-0.2, 0) is 12.6 Å². The lowest BCUT2D eigenvalue weighted by Crippen LogP contribution is -2.21. The zero-order valence-corrected chi connectivity index (χ0v) is 13.6. The van der Waals surface area contributed by atoms with Crippen LogP contribution in [0.5, 0.6) is 0 Å². The highest BCUT2D eigenvalue weighted by molar-refractivity contribution is 5.88. The van der Waals surface area contributed by atoms with E-state index in [1.165, 1.54) is 24.5 Å². The maximum atomic E-state index is 13.3. The Balaban J connectivity index is 1.86. The minimum absolute atomic E-state index is 0.00180. The second-order valence-electron chi connectivity index (χ2n) is 5.93. The number of aromatic nitrogens is 2. The van der Waals surface area contributed by atoms with Crippen molar-refractivity contribution in [3.63, 3.8) is 0 Å². The Bertz CT molecular complexity index is 940. The molecule has 0 aliphatic carbocycles. The molecule has 1 aromatic heterocycles. The zero-order chi connectivity index (χ0) is 18.9. The molecule has 0 saturated heterocycles. The summed E-state index contributed by atoms with van der Waals surface area (Å²) in [5, 5.41) is 3.56. The summed E-state index contributed by atoms with van der Waals surface area (Å²) in [7, 11) is 0. The van der Waals surface area contributed by atoms with Gasteiger partial charge in [0.25, 0.3) is 0 Å². The molecule has 3 aromatic rings. The van der Waals surface area contributed by atoms with Crippen LogP contribution in [-0.4, -0.2) is 16.0 Å². The van der Waals surface area contributed by atoms with Crippen molar-refractivity contribution in [1.82, 2.24) is 9.97 Å². The first-order valence-corrected chi connectivity index (χ1v) is 7.76. The number of alkyl halides is 3. The first kappa shape index (κ1) is 18.0. The minimum Gasteiger partial charge on any atom is -0.367 e. The zero-order valence-electron chi connectivity index (χ0n) is 13.6. The van der Waals surface area contributed by atoms with E-state index in [1.807, 2.05) is 0 Å². The maximum absolute atomic E-state index is 13.3. The number of hydrogen-bond acceptors (Lipinski definition) is 3. The first-order chi connectivity index (χ1) is 12.2. The lowest BCUT2D eigenvalue weighted by Gasteiger charge is -2.19. The molecule has 0 bridgehead atoms. The molecule has 1 atom stereocenters. The van der Waals surface area contributed by atoms with Crippen molar-refractivity contribution >= 4 is 16.7 Å². The van der Waals surface area contributed by atoms with Crippen molar-refractivity contribution in [2.75, 3.05) is 5.32 Å². The number of halogens is 5. The number of hydrogen-bond donors (Lipinski definition) is 1. The van der Waals surface area contributed by atoms with Crippen molar-refractivity contribution < 1.29 is 22.0 Å². The van der Waals surface area contributed by atoms with Gasteiger partial charge in [-0.3, -0.25) is 0 Å². The minimum atomic E-state index is -4.64. The Morgan fingerprint density at radius 2 is 1.69 bits per heavy atom. The number of nitrogens with zero attached hydrogens (tertiary/aromatic N) is 2. The predicted octanol–water partition coefficient (Wildman–Crippen LogP) is 4.97. The van der Waals surface area contributed by atoms with Crippen LogP contribution in [0.2, 0.25) is 0 Å². The Kier molecular flexibility index (Phi) is 4.76. The van der Waals surface area contributed by atoms with E-state index in [1.54, 1.807) is 6.92 Å². The van der Waals surface area contributed by atoms with Gasteiger partial charge in [-0.25, -0.2) is 18.7 Å². The van der Waals surface area contributed by atoms with Gasteiger partial charge in [0.1, 0.15) is 23.8 Å². The van der Waals surface area contributed by atoms with Crippen molar-refractivity contribution in [3.8, 4) is 0 Å². The summed E-state index contributed by atoms with van der Waals surface area (Å²) in [6.45, 7) is 1.68. The van der Waals surface area contributed by atoms with Gasteiger partial charge >= 0.3 is 6.18 Å². The molecule has 3 rings (SSSR count). The first-order valence-electron chi connectivity index (χ1n) is 7.76. The van der Waals surface area contributed by atoms with Crippen LogP contribution in [0, 0.1) is 11.6 Å². The summed E-state index contributed by atoms with van der Waals surface area (Å²) >= 11 is 0. The van der Waals surface area contributed by atoms with Gasteiger partial charge in [0.05, 0.1) is 11.1 Å². The summed E-state index contributed by atoms with van der Waals surface area (Å²) in [4.78, 5) is 8.05. The molecule has 0 aliphatic rings. The van der Waals surface area contributed by atoms with Crippen LogP contribution in [0.1, 0.15) is 18.1 Å². The number of fused-ring (bicyclic) bond motifs is 1. The van der Waals surface area contributed by atoms with Gasteiger partial charge in [-0.05, 0) is 43.2 Å². The average Bonchev–Trinajstić information content (AvgIpc) is 2.55. The lowest BCUT2D eigenvalue weighted by atomic mass is 10.00. The van der Waals surface area contributed by atoms with Gasteiger partial charge in [0, 0.05) is 17.5 Å². The Morgan fingerprint density at radius 3 is 2.42 bits per heavy atom. The molecule has 0 aliphatic heterocycles. The van der Waals surface area contributed by atoms with Crippen LogP contribution in [0.4, 0.5) is 27.8 Å². The molecule has 0 saturated carbocycles. The summed E-state index contributed by atoms with van der Waals surface area (Å²) in [6.07, 6.45) is -3.39. The highest BCUT2D eigenvalue weighted by atomic mass is 19.4. The van der Waals surface area contributed by atoms with E-state index < -0.39 is 29.4 Å². The summed E-state index contributed by atoms with van der Waals surface area (Å²) in [6, 6.07) is 6.18. The van der Waals surface area contributed by atoms with E-state index in [0.29, 0.717) is 22.8 Å². The molecule has 136 valence electrons. The maximum Gasteiger partial charge on any atom is 0.416 e. The van der Waals surface area contributed by atoms with Crippen LogP contribution in [0.3, 0.4) is 0 Å². The molecule has 0 amide bonds. The molecule has 1 N–H and O–H groups in total. The van der Waals surface area contributed by atoms with Gasteiger partial charge in [-0.15, -0.1) is 0 Å². The molecule has 26 heavy (non-hydrogen) atoms. The fourth-order valence-electron chi connectivity index (χ4n) is 2.75. The number of anilines is 1. The Morgan fingerprint density at radius 1 is 1.00 bits per heavy atom. The lowest BCUT2D eigenvalue weighted by molar-refractivity contribution is -0.138. The van der Waals surface area contributed by atoms with Gasteiger partial charge in [-0.1, -0.05) is 6.07 Å². The van der Waals surface area contributed by atoms with Crippen LogP contribution in [0.25, 0.3) is 10.9 Å². The molecule has 3 nitrogen and oxygen atoms in total. The molecule has 0 spiro atoms. The number of rotatable bonds is 4. The molecule has 2 aromatic carbocycles. The molecular weight excluding hydrogens is 353 g/mol. The fourth-order valence-corrected chi connectivity index (χ4v) is 2.75. The number of nitrogens with one attached hydrogen (secondary N) is 1. The van der Waals surface area contributed by atoms with Gasteiger partial charge < -0.3 is 5.32 Å². The van der Waals surface area contributed by atoms with Crippen molar-refractivity contribution in [2.24, 2.45) is 0 Å². The fraction of sp³-hybridized carbons (Fsp3) is 0.222. The quantitative estimate of drug-likeness (QED) is 0.662. The highest BCUT2D eigenvalue weighted by Gasteiger charge is 2.34. The molecule has 1 unspecified atom stereocenters. The second kappa shape index (κ2) is 6.86. The monoisotopic (exact) mass is 367 g/mol. The van der Waals surface area contributed by atoms with Crippen LogP contribution < -0.4 is 5.32 Å². The van der Waals surface area contributed by atoms with Crippen molar-refractivity contribution in [3.05, 3.63) is 65.5 Å². The van der Waals surface area contributed by atoms with E-state index in [2.05, 4.69) is 15.3 Å². The van der Waals surface area contributed by atoms with Crippen molar-refractivity contribution in [2.45, 2.75) is 25.6 Å². The van der Waals surface area contributed by atoms with Gasteiger partial charge in [-0.2, -0.15) is 13.2 Å². The smallest absolute Gasteiger partial charge is 0.367 e. The normalized spacial score (nSPS) is 13.0. The molecule has 8 heteroatoms. The molecule has 0 fully saturated rings. The summed E-state index contributed by atoms with van der Waals surface area (Å²) < 4.78 is 65.8. The van der Waals surface area contributed by atoms with Crippen molar-refractivity contribution in [1.29, 1.82) is 0 Å². The third-order valence-corrected chi connectivity index (χ3v) is 3.89.